The molecule has 0 N–H and O–H groups in total. The van der Waals surface area contributed by atoms with Crippen LogP contribution in [0.2, 0.25) is 0 Å². The van der Waals surface area contributed by atoms with Crippen LogP contribution in [0.15, 0.2) is 30.4 Å². The molecule has 0 heterocycles. The molecule has 0 aliphatic heterocycles. The topological polar surface area (TPSA) is 0 Å². The molecule has 2 heteroatoms. The van der Waals surface area contributed by atoms with E-state index in [4.69, 9.17) is 0 Å². The summed E-state index contributed by atoms with van der Waals surface area (Å²) in [5.74, 6) is 2.94. The normalized spacial score (nSPS) is 30.0. The van der Waals surface area contributed by atoms with Crippen molar-refractivity contribution < 1.29 is 8.78 Å². The van der Waals surface area contributed by atoms with E-state index in [0.717, 1.165) is 24.2 Å². The average Bonchev–Trinajstić information content (AvgIpc) is 2.68. The van der Waals surface area contributed by atoms with Crippen LogP contribution in [0.3, 0.4) is 0 Å². The van der Waals surface area contributed by atoms with Gasteiger partial charge in [0.1, 0.15) is 5.82 Å². The second kappa shape index (κ2) is 9.67. The summed E-state index contributed by atoms with van der Waals surface area (Å²) in [6.45, 7) is 1.91. The molecule has 2 aliphatic rings. The molecule has 144 valence electrons. The van der Waals surface area contributed by atoms with Gasteiger partial charge in [0.25, 0.3) is 0 Å². The molecule has 0 radical (unpaired) electrons. The van der Waals surface area contributed by atoms with Crippen LogP contribution in [0, 0.1) is 30.5 Å². The van der Waals surface area contributed by atoms with E-state index in [9.17, 15) is 8.78 Å². The molecule has 0 nitrogen and oxygen atoms in total. The Kier molecular flexibility index (Phi) is 7.28. The van der Waals surface area contributed by atoms with E-state index in [1.54, 1.807) is 12.1 Å². The van der Waals surface area contributed by atoms with Crippen LogP contribution in [-0.2, 0) is 0 Å². The number of hydrogen-bond acceptors (Lipinski definition) is 0. The zero-order valence-corrected chi connectivity index (χ0v) is 16.2. The first-order valence-electron chi connectivity index (χ1n) is 10.7. The van der Waals surface area contributed by atoms with Crippen LogP contribution in [0.25, 0.3) is 0 Å². The Bertz CT molecular complexity index is 576. The third kappa shape index (κ3) is 5.18. The lowest BCUT2D eigenvalue weighted by Gasteiger charge is -2.37. The van der Waals surface area contributed by atoms with Crippen molar-refractivity contribution in [2.75, 3.05) is 6.67 Å². The van der Waals surface area contributed by atoms with E-state index in [1.807, 2.05) is 6.07 Å². The van der Waals surface area contributed by atoms with Gasteiger partial charge in [0.2, 0.25) is 0 Å². The lowest BCUT2D eigenvalue weighted by atomic mass is 9.68. The Morgan fingerprint density at radius 3 is 2.27 bits per heavy atom. The van der Waals surface area contributed by atoms with Gasteiger partial charge in [-0.3, -0.25) is 4.39 Å². The van der Waals surface area contributed by atoms with Crippen molar-refractivity contribution in [3.05, 3.63) is 47.3 Å². The standard InChI is InChI=1S/C24H34F2/c1-18-6-15-23(26)17-24(18)22-13-11-21(12-14-22)20-9-7-19(8-10-20)5-3-2-4-16-25/h3,5-6,15,17,19-22H,2,4,7-14,16H2,1H3/b5-3+. The fourth-order valence-corrected chi connectivity index (χ4v) is 5.25. The van der Waals surface area contributed by atoms with Gasteiger partial charge in [-0.2, -0.15) is 0 Å². The Morgan fingerprint density at radius 1 is 0.962 bits per heavy atom. The predicted molar refractivity (Wildman–Crippen MR) is 106 cm³/mol. The summed E-state index contributed by atoms with van der Waals surface area (Å²) in [6.07, 6.45) is 16.5. The molecule has 0 spiro atoms. The number of unbranched alkanes of at least 4 members (excludes halogenated alkanes) is 1. The molecule has 0 amide bonds. The molecule has 0 saturated heterocycles. The Morgan fingerprint density at radius 2 is 1.62 bits per heavy atom. The minimum absolute atomic E-state index is 0.0920. The van der Waals surface area contributed by atoms with Gasteiger partial charge in [-0.15, -0.1) is 0 Å². The van der Waals surface area contributed by atoms with Crippen molar-refractivity contribution in [1.82, 2.24) is 0 Å². The van der Waals surface area contributed by atoms with Gasteiger partial charge in [-0.1, -0.05) is 18.2 Å². The van der Waals surface area contributed by atoms with Crippen LogP contribution in [0.5, 0.6) is 0 Å². The van der Waals surface area contributed by atoms with Gasteiger partial charge in [0, 0.05) is 0 Å². The Balaban J connectivity index is 1.44. The summed E-state index contributed by atoms with van der Waals surface area (Å²) >= 11 is 0. The van der Waals surface area contributed by atoms with Crippen molar-refractivity contribution in [3.63, 3.8) is 0 Å². The van der Waals surface area contributed by atoms with Crippen LogP contribution < -0.4 is 0 Å². The number of aryl methyl sites for hydroxylation is 1. The van der Waals surface area contributed by atoms with Gasteiger partial charge in [-0.25, -0.2) is 4.39 Å². The molecule has 26 heavy (non-hydrogen) atoms. The lowest BCUT2D eigenvalue weighted by Crippen LogP contribution is -2.25. The maximum atomic E-state index is 13.6. The van der Waals surface area contributed by atoms with Crippen LogP contribution in [0.1, 0.15) is 81.3 Å². The van der Waals surface area contributed by atoms with E-state index in [1.165, 1.54) is 62.5 Å². The highest BCUT2D eigenvalue weighted by molar-refractivity contribution is 5.30. The molecule has 0 aromatic heterocycles. The third-order valence-electron chi connectivity index (χ3n) is 6.85. The monoisotopic (exact) mass is 360 g/mol. The van der Waals surface area contributed by atoms with Gasteiger partial charge < -0.3 is 0 Å². The number of hydrogen-bond donors (Lipinski definition) is 0. The first kappa shape index (κ1) is 19.6. The van der Waals surface area contributed by atoms with Crippen molar-refractivity contribution in [2.24, 2.45) is 17.8 Å². The van der Waals surface area contributed by atoms with Crippen molar-refractivity contribution in [2.45, 2.75) is 77.0 Å². The van der Waals surface area contributed by atoms with Crippen molar-refractivity contribution in [3.8, 4) is 0 Å². The molecular weight excluding hydrogens is 326 g/mol. The zero-order valence-electron chi connectivity index (χ0n) is 16.2. The van der Waals surface area contributed by atoms with E-state index in [0.29, 0.717) is 12.3 Å². The van der Waals surface area contributed by atoms with Gasteiger partial charge in [0.05, 0.1) is 6.67 Å². The molecule has 1 aromatic carbocycles. The predicted octanol–water partition coefficient (Wildman–Crippen LogP) is 7.52. The lowest BCUT2D eigenvalue weighted by molar-refractivity contribution is 0.171. The molecule has 2 fully saturated rings. The van der Waals surface area contributed by atoms with E-state index in [2.05, 4.69) is 19.1 Å². The third-order valence-corrected chi connectivity index (χ3v) is 6.85. The number of benzene rings is 1. The Hall–Kier alpha value is -1.18. The summed E-state index contributed by atoms with van der Waals surface area (Å²) in [5.41, 5.74) is 2.49. The fourth-order valence-electron chi connectivity index (χ4n) is 5.25. The summed E-state index contributed by atoms with van der Waals surface area (Å²) in [6, 6.07) is 5.27. The van der Waals surface area contributed by atoms with Crippen LogP contribution >= 0.6 is 0 Å². The smallest absolute Gasteiger partial charge is 0.123 e. The highest BCUT2D eigenvalue weighted by Crippen LogP contribution is 2.44. The van der Waals surface area contributed by atoms with E-state index in [-0.39, 0.29) is 12.5 Å². The SMILES string of the molecule is Cc1ccc(F)cc1C1CCC(C2CCC(/C=C/CCCF)CC2)CC1. The minimum atomic E-state index is -0.200. The summed E-state index contributed by atoms with van der Waals surface area (Å²) in [5, 5.41) is 0. The zero-order chi connectivity index (χ0) is 18.4. The highest BCUT2D eigenvalue weighted by atomic mass is 19.1. The largest absolute Gasteiger partial charge is 0.251 e. The second-order valence-electron chi connectivity index (χ2n) is 8.55. The minimum Gasteiger partial charge on any atom is -0.251 e. The number of rotatable bonds is 6. The highest BCUT2D eigenvalue weighted by Gasteiger charge is 2.31. The van der Waals surface area contributed by atoms with E-state index < -0.39 is 0 Å². The molecule has 2 aliphatic carbocycles. The molecule has 0 bridgehead atoms. The molecule has 0 unspecified atom stereocenters. The molecular formula is C24H34F2. The fraction of sp³-hybridized carbons (Fsp3) is 0.667. The first-order chi connectivity index (χ1) is 12.7. The molecule has 0 atom stereocenters. The van der Waals surface area contributed by atoms with Crippen molar-refractivity contribution >= 4 is 0 Å². The van der Waals surface area contributed by atoms with Gasteiger partial charge in [-0.05, 0) is 118 Å². The van der Waals surface area contributed by atoms with Crippen LogP contribution in [-0.4, -0.2) is 6.67 Å². The second-order valence-corrected chi connectivity index (χ2v) is 8.55. The summed E-state index contributed by atoms with van der Waals surface area (Å²) in [4.78, 5) is 0. The quantitative estimate of drug-likeness (QED) is 0.363. The molecule has 3 rings (SSSR count). The summed E-state index contributed by atoms with van der Waals surface area (Å²) in [7, 11) is 0. The maximum Gasteiger partial charge on any atom is 0.123 e. The molecule has 2 saturated carbocycles. The summed E-state index contributed by atoms with van der Waals surface area (Å²) < 4.78 is 25.8. The van der Waals surface area contributed by atoms with Gasteiger partial charge >= 0.3 is 0 Å². The van der Waals surface area contributed by atoms with Gasteiger partial charge in [0.15, 0.2) is 0 Å². The molecule has 1 aromatic rings. The van der Waals surface area contributed by atoms with Crippen LogP contribution in [0.4, 0.5) is 8.78 Å². The average molecular weight is 361 g/mol. The number of allylic oxidation sites excluding steroid dienone is 2. The first-order valence-corrected chi connectivity index (χ1v) is 10.7. The van der Waals surface area contributed by atoms with E-state index >= 15 is 0 Å². The maximum absolute atomic E-state index is 13.6. The Labute approximate surface area is 158 Å². The number of alkyl halides is 1. The van der Waals surface area contributed by atoms with Crippen molar-refractivity contribution in [1.29, 1.82) is 0 Å². The number of halogens is 2.